The number of methoxy groups -OCH3 is 3. The van der Waals surface area contributed by atoms with E-state index in [1.54, 1.807) is 14.2 Å². The lowest BCUT2D eigenvalue weighted by atomic mass is 10.0. The number of hydrogen-bond donors (Lipinski definition) is 0. The largest absolute Gasteiger partial charge is 0.497 e. The Morgan fingerprint density at radius 3 is 2.50 bits per heavy atom. The third kappa shape index (κ3) is 3.52. The summed E-state index contributed by atoms with van der Waals surface area (Å²) in [6, 6.07) is 11.8. The lowest BCUT2D eigenvalue weighted by molar-refractivity contribution is -0.140. The molecule has 0 fully saturated rings. The Bertz CT molecular complexity index is 939. The third-order valence-corrected chi connectivity index (χ3v) is 4.41. The molecule has 0 atom stereocenters. The van der Waals surface area contributed by atoms with Gasteiger partial charge in [0.25, 0.3) is 0 Å². The molecule has 0 amide bonds. The lowest BCUT2D eigenvalue weighted by Gasteiger charge is -2.06. The van der Waals surface area contributed by atoms with Crippen molar-refractivity contribution >= 4 is 16.9 Å². The fraction of sp³-hybridized carbons (Fsp3) is 0.286. The van der Waals surface area contributed by atoms with E-state index < -0.39 is 0 Å². The summed E-state index contributed by atoms with van der Waals surface area (Å²) < 4.78 is 21.5. The van der Waals surface area contributed by atoms with Gasteiger partial charge in [0.05, 0.1) is 21.3 Å². The summed E-state index contributed by atoms with van der Waals surface area (Å²) in [5.41, 5.74) is 3.76. The van der Waals surface area contributed by atoms with Crippen LogP contribution in [0.4, 0.5) is 0 Å². The molecule has 3 rings (SSSR count). The van der Waals surface area contributed by atoms with E-state index >= 15 is 0 Å². The molecule has 0 aliphatic rings. The molecule has 26 heavy (non-hydrogen) atoms. The number of fused-ring (bicyclic) bond motifs is 1. The first-order valence-electron chi connectivity index (χ1n) is 8.38. The molecule has 1 heterocycles. The predicted octanol–water partition coefficient (Wildman–Crippen LogP) is 4.53. The van der Waals surface area contributed by atoms with E-state index in [1.807, 2.05) is 43.3 Å². The van der Waals surface area contributed by atoms with Crippen molar-refractivity contribution in [1.82, 2.24) is 0 Å². The van der Waals surface area contributed by atoms with Gasteiger partial charge >= 0.3 is 5.97 Å². The molecule has 0 saturated carbocycles. The second kappa shape index (κ2) is 7.52. The first-order chi connectivity index (χ1) is 12.5. The molecule has 0 saturated heterocycles. The van der Waals surface area contributed by atoms with Crippen LogP contribution < -0.4 is 9.47 Å². The Morgan fingerprint density at radius 2 is 1.85 bits per heavy atom. The number of hydrogen-bond acceptors (Lipinski definition) is 5. The lowest BCUT2D eigenvalue weighted by Crippen LogP contribution is -2.02. The smallest absolute Gasteiger partial charge is 0.305 e. The van der Waals surface area contributed by atoms with E-state index in [0.29, 0.717) is 24.2 Å². The first kappa shape index (κ1) is 17.9. The van der Waals surface area contributed by atoms with Crippen molar-refractivity contribution in [2.45, 2.75) is 19.8 Å². The van der Waals surface area contributed by atoms with Crippen molar-refractivity contribution in [3.63, 3.8) is 0 Å². The molecular formula is C21H22O5. The number of rotatable bonds is 6. The molecule has 0 aliphatic carbocycles. The van der Waals surface area contributed by atoms with Gasteiger partial charge in [0.2, 0.25) is 0 Å². The molecule has 136 valence electrons. The molecule has 1 aromatic heterocycles. The summed E-state index contributed by atoms with van der Waals surface area (Å²) >= 11 is 0. The number of esters is 1. The Morgan fingerprint density at radius 1 is 1.04 bits per heavy atom. The average Bonchev–Trinajstić information content (AvgIpc) is 3.08. The van der Waals surface area contributed by atoms with Crippen LogP contribution in [-0.2, 0) is 16.0 Å². The Balaban J connectivity index is 2.00. The highest BCUT2D eigenvalue weighted by Crippen LogP contribution is 2.36. The van der Waals surface area contributed by atoms with Crippen LogP contribution in [0.25, 0.3) is 22.3 Å². The molecule has 0 bridgehead atoms. The third-order valence-electron chi connectivity index (χ3n) is 4.41. The van der Waals surface area contributed by atoms with Crippen LogP contribution in [0.3, 0.4) is 0 Å². The van der Waals surface area contributed by atoms with Gasteiger partial charge in [-0.25, -0.2) is 0 Å². The van der Waals surface area contributed by atoms with Gasteiger partial charge in [0.1, 0.15) is 11.5 Å². The van der Waals surface area contributed by atoms with Gasteiger partial charge in [-0.3, -0.25) is 4.79 Å². The topological polar surface area (TPSA) is 57.9 Å². The Labute approximate surface area is 152 Å². The highest BCUT2D eigenvalue weighted by Gasteiger charge is 2.15. The van der Waals surface area contributed by atoms with E-state index in [1.165, 1.54) is 7.11 Å². The fourth-order valence-corrected chi connectivity index (χ4v) is 3.00. The van der Waals surface area contributed by atoms with Crippen LogP contribution in [0.5, 0.6) is 11.5 Å². The average molecular weight is 354 g/mol. The zero-order valence-corrected chi connectivity index (χ0v) is 15.4. The van der Waals surface area contributed by atoms with Gasteiger partial charge in [-0.05, 0) is 60.9 Å². The van der Waals surface area contributed by atoms with E-state index in [9.17, 15) is 4.79 Å². The summed E-state index contributed by atoms with van der Waals surface area (Å²) in [4.78, 5) is 11.4. The summed E-state index contributed by atoms with van der Waals surface area (Å²) in [6.45, 7) is 2.02. The normalized spacial score (nSPS) is 10.8. The van der Waals surface area contributed by atoms with Crippen molar-refractivity contribution in [2.75, 3.05) is 21.3 Å². The Kier molecular flexibility index (Phi) is 5.16. The van der Waals surface area contributed by atoms with Gasteiger partial charge in [-0.15, -0.1) is 0 Å². The number of carbonyl (C=O) groups excluding carboxylic acids is 1. The molecule has 2 aromatic carbocycles. The van der Waals surface area contributed by atoms with Crippen molar-refractivity contribution in [2.24, 2.45) is 0 Å². The summed E-state index contributed by atoms with van der Waals surface area (Å²) in [5.74, 6) is 2.00. The van der Waals surface area contributed by atoms with Crippen LogP contribution in [0.15, 0.2) is 40.8 Å². The second-order valence-corrected chi connectivity index (χ2v) is 6.08. The number of furan rings is 1. The fourth-order valence-electron chi connectivity index (χ4n) is 3.00. The zero-order valence-electron chi connectivity index (χ0n) is 15.4. The highest BCUT2D eigenvalue weighted by molar-refractivity contribution is 5.88. The SMILES string of the molecule is COC(=O)CCc1cc(OC)c2oc(-c3ccc(OC)cc3C)cc2c1. The minimum Gasteiger partial charge on any atom is -0.497 e. The van der Waals surface area contributed by atoms with Crippen LogP contribution in [0, 0.1) is 6.92 Å². The molecule has 0 N–H and O–H groups in total. The maximum atomic E-state index is 11.4. The summed E-state index contributed by atoms with van der Waals surface area (Å²) in [7, 11) is 4.65. The molecule has 5 nitrogen and oxygen atoms in total. The number of ether oxygens (including phenoxy) is 3. The molecule has 0 radical (unpaired) electrons. The quantitative estimate of drug-likeness (QED) is 0.609. The van der Waals surface area contributed by atoms with Gasteiger partial charge in [0.15, 0.2) is 11.3 Å². The molecule has 0 aliphatic heterocycles. The minimum absolute atomic E-state index is 0.231. The maximum absolute atomic E-state index is 11.4. The molecular weight excluding hydrogens is 332 g/mol. The second-order valence-electron chi connectivity index (χ2n) is 6.08. The van der Waals surface area contributed by atoms with Crippen LogP contribution in [0.2, 0.25) is 0 Å². The van der Waals surface area contributed by atoms with E-state index in [0.717, 1.165) is 33.6 Å². The minimum atomic E-state index is -0.231. The molecule has 0 spiro atoms. The predicted molar refractivity (Wildman–Crippen MR) is 99.8 cm³/mol. The van der Waals surface area contributed by atoms with Gasteiger partial charge in [-0.2, -0.15) is 0 Å². The maximum Gasteiger partial charge on any atom is 0.305 e. The van der Waals surface area contributed by atoms with Crippen molar-refractivity contribution < 1.29 is 23.4 Å². The zero-order chi connectivity index (χ0) is 18.7. The molecule has 3 aromatic rings. The molecule has 0 unspecified atom stereocenters. The van der Waals surface area contributed by atoms with Crippen molar-refractivity contribution in [3.05, 3.63) is 47.5 Å². The summed E-state index contributed by atoms with van der Waals surface area (Å²) in [5, 5.41) is 0.939. The van der Waals surface area contributed by atoms with Crippen LogP contribution in [0.1, 0.15) is 17.5 Å². The number of aryl methyl sites for hydroxylation is 2. The Hall–Kier alpha value is -2.95. The van der Waals surface area contributed by atoms with Crippen LogP contribution in [-0.4, -0.2) is 27.3 Å². The van der Waals surface area contributed by atoms with Crippen molar-refractivity contribution in [3.8, 4) is 22.8 Å². The monoisotopic (exact) mass is 354 g/mol. The van der Waals surface area contributed by atoms with Gasteiger partial charge < -0.3 is 18.6 Å². The van der Waals surface area contributed by atoms with E-state index in [2.05, 4.69) is 0 Å². The van der Waals surface area contributed by atoms with E-state index in [-0.39, 0.29) is 5.97 Å². The standard InChI is InChI=1S/C21H22O5/c1-13-9-16(23-2)6-7-17(13)18-12-15-10-14(5-8-20(22)25-4)11-19(24-3)21(15)26-18/h6-7,9-12H,5,8H2,1-4H3. The van der Waals surface area contributed by atoms with Gasteiger partial charge in [-0.1, -0.05) is 0 Å². The summed E-state index contributed by atoms with van der Waals surface area (Å²) in [6.07, 6.45) is 0.911. The number of carbonyl (C=O) groups is 1. The first-order valence-corrected chi connectivity index (χ1v) is 8.38. The van der Waals surface area contributed by atoms with E-state index in [4.69, 9.17) is 18.6 Å². The molecule has 5 heteroatoms. The van der Waals surface area contributed by atoms with Crippen molar-refractivity contribution in [1.29, 1.82) is 0 Å². The van der Waals surface area contributed by atoms with Gasteiger partial charge in [0, 0.05) is 17.4 Å². The number of benzene rings is 2. The van der Waals surface area contributed by atoms with Crippen LogP contribution >= 0.6 is 0 Å². The highest BCUT2D eigenvalue weighted by atomic mass is 16.5.